The lowest BCUT2D eigenvalue weighted by molar-refractivity contribution is -0.126. The SMILES string of the molecule is CN1CCN(Cc2ccccc2CNC(=O)[C@H]2CCCN(S(=O)(=O)c3ccc(F)cc3)C2)CC1. The highest BCUT2D eigenvalue weighted by molar-refractivity contribution is 7.89. The van der Waals surface area contributed by atoms with Gasteiger partial charge in [0.25, 0.3) is 0 Å². The molecular weight excluding hydrogens is 455 g/mol. The van der Waals surface area contributed by atoms with Gasteiger partial charge in [0.05, 0.1) is 10.8 Å². The average Bonchev–Trinajstić information content (AvgIpc) is 2.85. The zero-order valence-corrected chi connectivity index (χ0v) is 20.4. The van der Waals surface area contributed by atoms with E-state index in [1.807, 2.05) is 18.2 Å². The van der Waals surface area contributed by atoms with Crippen LogP contribution in [0.5, 0.6) is 0 Å². The summed E-state index contributed by atoms with van der Waals surface area (Å²) in [4.78, 5) is 17.8. The van der Waals surface area contributed by atoms with Gasteiger partial charge in [0.2, 0.25) is 15.9 Å². The molecule has 2 aliphatic heterocycles. The largest absolute Gasteiger partial charge is 0.352 e. The molecule has 4 rings (SSSR count). The van der Waals surface area contributed by atoms with Crippen molar-refractivity contribution in [2.45, 2.75) is 30.8 Å². The third-order valence-electron chi connectivity index (χ3n) is 6.77. The molecule has 0 radical (unpaired) electrons. The van der Waals surface area contributed by atoms with Crippen molar-refractivity contribution in [3.63, 3.8) is 0 Å². The maximum Gasteiger partial charge on any atom is 0.243 e. The van der Waals surface area contributed by atoms with Crippen molar-refractivity contribution in [1.82, 2.24) is 19.4 Å². The molecule has 0 saturated carbocycles. The lowest BCUT2D eigenvalue weighted by Crippen LogP contribution is -2.45. The maximum absolute atomic E-state index is 13.2. The molecule has 1 atom stereocenters. The lowest BCUT2D eigenvalue weighted by atomic mass is 9.98. The minimum absolute atomic E-state index is 0.0489. The number of nitrogens with one attached hydrogen (secondary N) is 1. The van der Waals surface area contributed by atoms with Gasteiger partial charge in [0.1, 0.15) is 5.82 Å². The number of nitrogens with zero attached hydrogens (tertiary/aromatic N) is 3. The Balaban J connectivity index is 1.36. The number of piperazine rings is 1. The molecular formula is C25H33FN4O3S. The average molecular weight is 489 g/mol. The predicted molar refractivity (Wildman–Crippen MR) is 129 cm³/mol. The number of carbonyl (C=O) groups is 1. The number of hydrogen-bond donors (Lipinski definition) is 1. The molecule has 2 aromatic carbocycles. The Morgan fingerprint density at radius 3 is 2.38 bits per heavy atom. The molecule has 9 heteroatoms. The number of rotatable bonds is 7. The van der Waals surface area contributed by atoms with Gasteiger partial charge in [-0.05, 0) is 55.3 Å². The van der Waals surface area contributed by atoms with Crippen molar-refractivity contribution in [2.75, 3.05) is 46.3 Å². The Morgan fingerprint density at radius 1 is 1.00 bits per heavy atom. The van der Waals surface area contributed by atoms with Crippen LogP contribution in [-0.4, -0.2) is 74.7 Å². The first-order chi connectivity index (χ1) is 16.3. The monoisotopic (exact) mass is 488 g/mol. The van der Waals surface area contributed by atoms with Gasteiger partial charge in [-0.3, -0.25) is 9.69 Å². The first kappa shape index (κ1) is 24.8. The highest BCUT2D eigenvalue weighted by atomic mass is 32.2. The fourth-order valence-corrected chi connectivity index (χ4v) is 6.11. The molecule has 0 aromatic heterocycles. The minimum atomic E-state index is -3.76. The van der Waals surface area contributed by atoms with E-state index in [4.69, 9.17) is 0 Å². The number of carbonyl (C=O) groups excluding carboxylic acids is 1. The van der Waals surface area contributed by atoms with Crippen LogP contribution in [0.15, 0.2) is 53.4 Å². The van der Waals surface area contributed by atoms with Crippen LogP contribution in [0.3, 0.4) is 0 Å². The molecule has 2 aliphatic rings. The van der Waals surface area contributed by atoms with Crippen molar-refractivity contribution >= 4 is 15.9 Å². The highest BCUT2D eigenvalue weighted by Crippen LogP contribution is 2.24. The van der Waals surface area contributed by atoms with Crippen LogP contribution in [-0.2, 0) is 27.9 Å². The molecule has 1 amide bonds. The van der Waals surface area contributed by atoms with Gasteiger partial charge >= 0.3 is 0 Å². The lowest BCUT2D eigenvalue weighted by Gasteiger charge is -2.33. The number of benzene rings is 2. The Bertz CT molecular complexity index is 1090. The van der Waals surface area contributed by atoms with Crippen LogP contribution in [0.1, 0.15) is 24.0 Å². The topological polar surface area (TPSA) is 73.0 Å². The van der Waals surface area contributed by atoms with E-state index in [9.17, 15) is 17.6 Å². The predicted octanol–water partition coefficient (Wildman–Crippen LogP) is 2.29. The van der Waals surface area contributed by atoms with E-state index in [0.29, 0.717) is 25.9 Å². The molecule has 0 spiro atoms. The highest BCUT2D eigenvalue weighted by Gasteiger charge is 2.33. The molecule has 1 N–H and O–H groups in total. The van der Waals surface area contributed by atoms with Gasteiger partial charge in [-0.25, -0.2) is 12.8 Å². The summed E-state index contributed by atoms with van der Waals surface area (Å²) in [5.41, 5.74) is 2.29. The molecule has 2 saturated heterocycles. The fourth-order valence-electron chi connectivity index (χ4n) is 4.59. The molecule has 0 aliphatic carbocycles. The quantitative estimate of drug-likeness (QED) is 0.648. The van der Waals surface area contributed by atoms with E-state index in [0.717, 1.165) is 50.4 Å². The summed E-state index contributed by atoms with van der Waals surface area (Å²) < 4.78 is 40.5. The van der Waals surface area contributed by atoms with Crippen molar-refractivity contribution in [3.05, 3.63) is 65.5 Å². The fraction of sp³-hybridized carbons (Fsp3) is 0.480. The summed E-state index contributed by atoms with van der Waals surface area (Å²) >= 11 is 0. The standard InChI is InChI=1S/C25H33FN4O3S/c1-28-13-15-29(16-14-28)18-21-6-3-2-5-20(21)17-27-25(31)22-7-4-12-30(19-22)34(32,33)24-10-8-23(26)9-11-24/h2-3,5-6,8-11,22H,4,7,12-19H2,1H3,(H,27,31)/t22-/m0/s1. The molecule has 2 fully saturated rings. The van der Waals surface area contributed by atoms with Crippen LogP contribution in [0.4, 0.5) is 4.39 Å². The second kappa shape index (κ2) is 10.9. The zero-order valence-electron chi connectivity index (χ0n) is 19.6. The van der Waals surface area contributed by atoms with E-state index in [1.54, 1.807) is 0 Å². The van der Waals surface area contributed by atoms with Crippen LogP contribution in [0, 0.1) is 11.7 Å². The normalized spacial score (nSPS) is 20.8. The summed E-state index contributed by atoms with van der Waals surface area (Å²) in [7, 11) is -1.62. The van der Waals surface area contributed by atoms with E-state index < -0.39 is 21.8 Å². The van der Waals surface area contributed by atoms with Crippen molar-refractivity contribution in [1.29, 1.82) is 0 Å². The number of halogens is 1. The van der Waals surface area contributed by atoms with Gasteiger partial charge < -0.3 is 10.2 Å². The smallest absolute Gasteiger partial charge is 0.243 e. The van der Waals surface area contributed by atoms with Crippen molar-refractivity contribution in [2.24, 2.45) is 5.92 Å². The first-order valence-electron chi connectivity index (χ1n) is 11.8. The van der Waals surface area contributed by atoms with Crippen molar-refractivity contribution < 1.29 is 17.6 Å². The van der Waals surface area contributed by atoms with Gasteiger partial charge in [-0.2, -0.15) is 4.31 Å². The summed E-state index contributed by atoms with van der Waals surface area (Å²) in [5, 5.41) is 3.04. The van der Waals surface area contributed by atoms with Crippen molar-refractivity contribution in [3.8, 4) is 0 Å². The Hall–Kier alpha value is -2.33. The Labute approximate surface area is 201 Å². The molecule has 7 nitrogen and oxygen atoms in total. The first-order valence-corrected chi connectivity index (χ1v) is 13.3. The van der Waals surface area contributed by atoms with Gasteiger partial charge in [0, 0.05) is 52.4 Å². The molecule has 0 unspecified atom stereocenters. The van der Waals surface area contributed by atoms with Crippen LogP contribution >= 0.6 is 0 Å². The van der Waals surface area contributed by atoms with Crippen LogP contribution < -0.4 is 5.32 Å². The molecule has 0 bridgehead atoms. The summed E-state index contributed by atoms with van der Waals surface area (Å²) in [5.74, 6) is -1.02. The summed E-state index contributed by atoms with van der Waals surface area (Å²) in [6.07, 6.45) is 1.25. The Kier molecular flexibility index (Phi) is 7.98. The van der Waals surface area contributed by atoms with E-state index in [2.05, 4.69) is 28.2 Å². The van der Waals surface area contributed by atoms with Crippen LogP contribution in [0.2, 0.25) is 0 Å². The molecule has 184 valence electrons. The number of hydrogen-bond acceptors (Lipinski definition) is 5. The summed E-state index contributed by atoms with van der Waals surface area (Å²) in [6.45, 7) is 5.92. The third-order valence-corrected chi connectivity index (χ3v) is 8.65. The van der Waals surface area contributed by atoms with Gasteiger partial charge in [-0.1, -0.05) is 24.3 Å². The third kappa shape index (κ3) is 6.02. The molecule has 2 aromatic rings. The Morgan fingerprint density at radius 2 is 1.68 bits per heavy atom. The van der Waals surface area contributed by atoms with Crippen LogP contribution in [0.25, 0.3) is 0 Å². The zero-order chi connectivity index (χ0) is 24.1. The number of amides is 1. The number of piperidine rings is 1. The summed E-state index contributed by atoms with van der Waals surface area (Å²) in [6, 6.07) is 13.0. The van der Waals surface area contributed by atoms with Gasteiger partial charge in [-0.15, -0.1) is 0 Å². The molecule has 34 heavy (non-hydrogen) atoms. The second-order valence-electron chi connectivity index (χ2n) is 9.22. The van der Waals surface area contributed by atoms with E-state index >= 15 is 0 Å². The minimum Gasteiger partial charge on any atom is -0.352 e. The molecule has 2 heterocycles. The van der Waals surface area contributed by atoms with E-state index in [-0.39, 0.29) is 17.3 Å². The maximum atomic E-state index is 13.2. The van der Waals surface area contributed by atoms with E-state index in [1.165, 1.54) is 22.0 Å². The second-order valence-corrected chi connectivity index (χ2v) is 11.2. The van der Waals surface area contributed by atoms with Gasteiger partial charge in [0.15, 0.2) is 0 Å². The number of likely N-dealkylation sites (N-methyl/N-ethyl adjacent to an activating group) is 1. The number of sulfonamides is 1.